The molecular formula is C16H18. The third-order valence-electron chi connectivity index (χ3n) is 2.87. The van der Waals surface area contributed by atoms with Crippen LogP contribution in [-0.2, 0) is 6.42 Å². The highest BCUT2D eigenvalue weighted by Gasteiger charge is 2.04. The predicted octanol–water partition coefficient (Wildman–Crippen LogP) is 4.61. The number of benzene rings is 2. The van der Waals surface area contributed by atoms with Gasteiger partial charge < -0.3 is 0 Å². The van der Waals surface area contributed by atoms with Crippen LogP contribution in [0.5, 0.6) is 0 Å². The SMILES string of the molecule is CCCc1ccc(C)cc1-c1ccccc1. The number of hydrogen-bond acceptors (Lipinski definition) is 0. The summed E-state index contributed by atoms with van der Waals surface area (Å²) in [6, 6.07) is 17.4. The Kier molecular flexibility index (Phi) is 3.40. The summed E-state index contributed by atoms with van der Waals surface area (Å²) in [5.74, 6) is 0. The maximum atomic E-state index is 2.29. The summed E-state index contributed by atoms with van der Waals surface area (Å²) < 4.78 is 0. The molecule has 0 saturated carbocycles. The third-order valence-corrected chi connectivity index (χ3v) is 2.87. The minimum Gasteiger partial charge on any atom is -0.0651 e. The van der Waals surface area contributed by atoms with E-state index < -0.39 is 0 Å². The summed E-state index contributed by atoms with van der Waals surface area (Å²) in [4.78, 5) is 0. The van der Waals surface area contributed by atoms with E-state index >= 15 is 0 Å². The van der Waals surface area contributed by atoms with Crippen LogP contribution < -0.4 is 0 Å². The highest BCUT2D eigenvalue weighted by Crippen LogP contribution is 2.25. The van der Waals surface area contributed by atoms with Crippen molar-refractivity contribution in [3.05, 3.63) is 59.7 Å². The molecule has 0 aliphatic heterocycles. The Balaban J connectivity index is 2.49. The van der Waals surface area contributed by atoms with Crippen molar-refractivity contribution in [1.82, 2.24) is 0 Å². The first-order valence-electron chi connectivity index (χ1n) is 5.96. The number of aryl methyl sites for hydroxylation is 2. The molecule has 0 N–H and O–H groups in total. The fraction of sp³-hybridized carbons (Fsp3) is 0.250. The summed E-state index contributed by atoms with van der Waals surface area (Å²) >= 11 is 0. The van der Waals surface area contributed by atoms with Gasteiger partial charge in [0.05, 0.1) is 0 Å². The Morgan fingerprint density at radius 3 is 2.38 bits per heavy atom. The van der Waals surface area contributed by atoms with Gasteiger partial charge in [0.15, 0.2) is 0 Å². The Bertz CT molecular complexity index is 455. The molecule has 0 aliphatic carbocycles. The van der Waals surface area contributed by atoms with Gasteiger partial charge >= 0.3 is 0 Å². The average Bonchev–Trinajstić information content (AvgIpc) is 2.33. The maximum absolute atomic E-state index is 2.29. The zero-order chi connectivity index (χ0) is 11.4. The molecule has 0 aliphatic rings. The van der Waals surface area contributed by atoms with E-state index in [4.69, 9.17) is 0 Å². The molecule has 82 valence electrons. The number of hydrogen-bond donors (Lipinski definition) is 0. The van der Waals surface area contributed by atoms with Crippen LogP contribution in [0.1, 0.15) is 24.5 Å². The first-order valence-corrected chi connectivity index (χ1v) is 5.96. The first-order chi connectivity index (χ1) is 7.81. The smallest absolute Gasteiger partial charge is 0.0149 e. The Morgan fingerprint density at radius 1 is 0.938 bits per heavy atom. The fourth-order valence-electron chi connectivity index (χ4n) is 2.06. The largest absolute Gasteiger partial charge is 0.0651 e. The lowest BCUT2D eigenvalue weighted by atomic mass is 9.95. The van der Waals surface area contributed by atoms with Crippen LogP contribution in [0.25, 0.3) is 11.1 Å². The zero-order valence-corrected chi connectivity index (χ0v) is 10.0. The van der Waals surface area contributed by atoms with Crippen molar-refractivity contribution in [2.75, 3.05) is 0 Å². The molecule has 0 unspecified atom stereocenters. The molecule has 2 aromatic rings. The van der Waals surface area contributed by atoms with Gasteiger partial charge in [0, 0.05) is 0 Å². The van der Waals surface area contributed by atoms with Crippen molar-refractivity contribution < 1.29 is 0 Å². The lowest BCUT2D eigenvalue weighted by molar-refractivity contribution is 0.923. The molecule has 0 atom stereocenters. The van der Waals surface area contributed by atoms with Crippen LogP contribution in [0.4, 0.5) is 0 Å². The molecule has 0 nitrogen and oxygen atoms in total. The third kappa shape index (κ3) is 2.33. The second-order valence-electron chi connectivity index (χ2n) is 4.28. The summed E-state index contributed by atoms with van der Waals surface area (Å²) in [5.41, 5.74) is 5.51. The molecule has 16 heavy (non-hydrogen) atoms. The summed E-state index contributed by atoms with van der Waals surface area (Å²) in [7, 11) is 0. The van der Waals surface area contributed by atoms with Crippen LogP contribution in [0.3, 0.4) is 0 Å². The normalized spacial score (nSPS) is 10.4. The maximum Gasteiger partial charge on any atom is -0.0149 e. The van der Waals surface area contributed by atoms with Gasteiger partial charge in [-0.25, -0.2) is 0 Å². The van der Waals surface area contributed by atoms with Gasteiger partial charge in [-0.1, -0.05) is 67.4 Å². The lowest BCUT2D eigenvalue weighted by Crippen LogP contribution is -1.90. The second kappa shape index (κ2) is 4.98. The predicted molar refractivity (Wildman–Crippen MR) is 70.6 cm³/mol. The van der Waals surface area contributed by atoms with E-state index in [1.165, 1.54) is 28.7 Å². The van der Waals surface area contributed by atoms with Crippen LogP contribution in [0, 0.1) is 6.92 Å². The van der Waals surface area contributed by atoms with E-state index in [2.05, 4.69) is 62.4 Å². The topological polar surface area (TPSA) is 0 Å². The van der Waals surface area contributed by atoms with E-state index in [0.717, 1.165) is 6.42 Å². The minimum absolute atomic E-state index is 1.16. The minimum atomic E-state index is 1.16. The highest BCUT2D eigenvalue weighted by molar-refractivity contribution is 5.68. The lowest BCUT2D eigenvalue weighted by Gasteiger charge is -2.10. The van der Waals surface area contributed by atoms with Crippen molar-refractivity contribution in [2.45, 2.75) is 26.7 Å². The first kappa shape index (κ1) is 10.9. The molecule has 0 fully saturated rings. The van der Waals surface area contributed by atoms with Crippen molar-refractivity contribution in [1.29, 1.82) is 0 Å². The monoisotopic (exact) mass is 210 g/mol. The summed E-state index contributed by atoms with van der Waals surface area (Å²) in [5, 5.41) is 0. The Labute approximate surface area is 97.9 Å². The number of rotatable bonds is 3. The van der Waals surface area contributed by atoms with E-state index in [1.807, 2.05) is 0 Å². The van der Waals surface area contributed by atoms with Gasteiger partial charge in [-0.05, 0) is 30.0 Å². The fourth-order valence-corrected chi connectivity index (χ4v) is 2.06. The van der Waals surface area contributed by atoms with E-state index in [1.54, 1.807) is 0 Å². The molecule has 0 spiro atoms. The van der Waals surface area contributed by atoms with Gasteiger partial charge in [0.25, 0.3) is 0 Å². The molecule has 0 amide bonds. The van der Waals surface area contributed by atoms with Crippen molar-refractivity contribution in [3.8, 4) is 11.1 Å². The second-order valence-corrected chi connectivity index (χ2v) is 4.28. The molecule has 0 heteroatoms. The summed E-state index contributed by atoms with van der Waals surface area (Å²) in [6.07, 6.45) is 2.35. The molecule has 0 bridgehead atoms. The van der Waals surface area contributed by atoms with Crippen LogP contribution >= 0.6 is 0 Å². The van der Waals surface area contributed by atoms with Gasteiger partial charge in [-0.15, -0.1) is 0 Å². The van der Waals surface area contributed by atoms with Gasteiger partial charge in [-0.2, -0.15) is 0 Å². The van der Waals surface area contributed by atoms with E-state index in [0.29, 0.717) is 0 Å². The van der Waals surface area contributed by atoms with Crippen LogP contribution in [-0.4, -0.2) is 0 Å². The molecular weight excluding hydrogens is 192 g/mol. The zero-order valence-electron chi connectivity index (χ0n) is 10.0. The molecule has 0 radical (unpaired) electrons. The molecule has 0 saturated heterocycles. The molecule has 0 aromatic heterocycles. The van der Waals surface area contributed by atoms with E-state index in [-0.39, 0.29) is 0 Å². The standard InChI is InChI=1S/C16H18/c1-3-7-14-11-10-13(2)12-16(14)15-8-5-4-6-9-15/h4-6,8-12H,3,7H2,1-2H3. The van der Waals surface area contributed by atoms with Gasteiger partial charge in [0.1, 0.15) is 0 Å². The molecule has 2 aromatic carbocycles. The average molecular weight is 210 g/mol. The molecule has 0 heterocycles. The van der Waals surface area contributed by atoms with Gasteiger partial charge in [-0.3, -0.25) is 0 Å². The van der Waals surface area contributed by atoms with Crippen LogP contribution in [0.15, 0.2) is 48.5 Å². The Hall–Kier alpha value is -1.56. The summed E-state index contributed by atoms with van der Waals surface area (Å²) in [6.45, 7) is 4.39. The quantitative estimate of drug-likeness (QED) is 0.693. The highest BCUT2D eigenvalue weighted by atomic mass is 14.1. The van der Waals surface area contributed by atoms with E-state index in [9.17, 15) is 0 Å². The van der Waals surface area contributed by atoms with Gasteiger partial charge in [0.2, 0.25) is 0 Å². The Morgan fingerprint density at radius 2 is 1.69 bits per heavy atom. The molecule has 2 rings (SSSR count). The van der Waals surface area contributed by atoms with Crippen molar-refractivity contribution >= 4 is 0 Å². The van der Waals surface area contributed by atoms with Crippen molar-refractivity contribution in [2.24, 2.45) is 0 Å². The van der Waals surface area contributed by atoms with Crippen LogP contribution in [0.2, 0.25) is 0 Å². The van der Waals surface area contributed by atoms with Crippen molar-refractivity contribution in [3.63, 3.8) is 0 Å².